The summed E-state index contributed by atoms with van der Waals surface area (Å²) in [6, 6.07) is 10.8. The first-order valence-corrected chi connectivity index (χ1v) is 12.2. The van der Waals surface area contributed by atoms with Crippen LogP contribution in [0.15, 0.2) is 58.3 Å². The van der Waals surface area contributed by atoms with Crippen molar-refractivity contribution in [3.05, 3.63) is 54.1 Å². The van der Waals surface area contributed by atoms with Gasteiger partial charge in [-0.1, -0.05) is 29.8 Å². The van der Waals surface area contributed by atoms with Gasteiger partial charge in [-0.2, -0.15) is 8.61 Å². The number of para-hydroxylation sites is 1. The van der Waals surface area contributed by atoms with E-state index in [1.54, 1.807) is 12.1 Å². The SMILES string of the molecule is Cc1ccc(S(=O)(=O)N2CCCN(S(=O)(=O)c3ccccc3OC(F)(F)F)CC2)cc1. The van der Waals surface area contributed by atoms with Crippen molar-refractivity contribution in [1.29, 1.82) is 0 Å². The summed E-state index contributed by atoms with van der Waals surface area (Å²) >= 11 is 0. The van der Waals surface area contributed by atoms with Crippen LogP contribution in [-0.4, -0.2) is 58.0 Å². The number of hydrogen-bond acceptors (Lipinski definition) is 5. The molecule has 1 heterocycles. The van der Waals surface area contributed by atoms with E-state index < -0.39 is 37.1 Å². The third kappa shape index (κ3) is 5.37. The highest BCUT2D eigenvalue weighted by Gasteiger charge is 2.37. The summed E-state index contributed by atoms with van der Waals surface area (Å²) in [5.41, 5.74) is 0.895. The maximum atomic E-state index is 13.0. The highest BCUT2D eigenvalue weighted by Crippen LogP contribution is 2.32. The van der Waals surface area contributed by atoms with E-state index in [9.17, 15) is 30.0 Å². The second kappa shape index (κ2) is 8.77. The predicted octanol–water partition coefficient (Wildman–Crippen LogP) is 2.98. The number of ether oxygens (including phenoxy) is 1. The molecule has 170 valence electrons. The molecule has 2 aromatic rings. The van der Waals surface area contributed by atoms with Crippen LogP contribution < -0.4 is 4.74 Å². The molecule has 0 radical (unpaired) electrons. The zero-order chi connectivity index (χ0) is 22.9. The molecule has 31 heavy (non-hydrogen) atoms. The fourth-order valence-electron chi connectivity index (χ4n) is 3.22. The molecule has 0 unspecified atom stereocenters. The van der Waals surface area contributed by atoms with E-state index in [0.717, 1.165) is 22.0 Å². The molecule has 0 N–H and O–H groups in total. The molecule has 1 aliphatic heterocycles. The zero-order valence-corrected chi connectivity index (χ0v) is 18.2. The van der Waals surface area contributed by atoms with Gasteiger partial charge in [0.2, 0.25) is 20.0 Å². The van der Waals surface area contributed by atoms with Crippen molar-refractivity contribution in [3.8, 4) is 5.75 Å². The monoisotopic (exact) mass is 478 g/mol. The Bertz CT molecular complexity index is 1130. The quantitative estimate of drug-likeness (QED) is 0.660. The summed E-state index contributed by atoms with van der Waals surface area (Å²) in [6.07, 6.45) is -4.87. The van der Waals surface area contributed by atoms with Crippen LogP contribution in [0.1, 0.15) is 12.0 Å². The van der Waals surface area contributed by atoms with Crippen molar-refractivity contribution in [2.45, 2.75) is 29.5 Å². The van der Waals surface area contributed by atoms with Crippen molar-refractivity contribution < 1.29 is 34.7 Å². The fourth-order valence-corrected chi connectivity index (χ4v) is 6.28. The van der Waals surface area contributed by atoms with E-state index in [-0.39, 0.29) is 37.5 Å². The first-order valence-electron chi connectivity index (χ1n) is 9.33. The Kier molecular flexibility index (Phi) is 6.65. The van der Waals surface area contributed by atoms with Gasteiger partial charge < -0.3 is 4.74 Å². The van der Waals surface area contributed by atoms with Gasteiger partial charge in [-0.3, -0.25) is 0 Å². The van der Waals surface area contributed by atoms with Crippen molar-refractivity contribution in [3.63, 3.8) is 0 Å². The third-order valence-electron chi connectivity index (χ3n) is 4.77. The largest absolute Gasteiger partial charge is 0.573 e. The van der Waals surface area contributed by atoms with Gasteiger partial charge in [-0.05, 0) is 37.6 Å². The Labute approximate surface area is 179 Å². The van der Waals surface area contributed by atoms with Gasteiger partial charge in [0, 0.05) is 26.2 Å². The minimum atomic E-state index is -5.05. The van der Waals surface area contributed by atoms with Crippen LogP contribution in [0.25, 0.3) is 0 Å². The van der Waals surface area contributed by atoms with Crippen LogP contribution >= 0.6 is 0 Å². The summed E-state index contributed by atoms with van der Waals surface area (Å²) in [4.78, 5) is -0.527. The number of nitrogens with zero attached hydrogens (tertiary/aromatic N) is 2. The Hall–Kier alpha value is -2.15. The summed E-state index contributed by atoms with van der Waals surface area (Å²) < 4.78 is 95.9. The molecule has 1 fully saturated rings. The normalized spacial score (nSPS) is 17.3. The summed E-state index contributed by atoms with van der Waals surface area (Å²) in [7, 11) is -8.17. The van der Waals surface area contributed by atoms with Crippen LogP contribution in [0.4, 0.5) is 13.2 Å². The van der Waals surface area contributed by atoms with Gasteiger partial charge in [0.25, 0.3) is 0 Å². The van der Waals surface area contributed by atoms with Gasteiger partial charge >= 0.3 is 6.36 Å². The molecule has 3 rings (SSSR count). The number of alkyl halides is 3. The van der Waals surface area contributed by atoms with Crippen LogP contribution in [0.3, 0.4) is 0 Å². The molecular weight excluding hydrogens is 457 g/mol. The minimum Gasteiger partial charge on any atom is -0.404 e. The molecule has 0 spiro atoms. The van der Waals surface area contributed by atoms with Crippen LogP contribution in [0.5, 0.6) is 5.75 Å². The van der Waals surface area contributed by atoms with E-state index >= 15 is 0 Å². The molecule has 0 aliphatic carbocycles. The molecule has 2 aromatic carbocycles. The smallest absolute Gasteiger partial charge is 0.404 e. The predicted molar refractivity (Wildman–Crippen MR) is 106 cm³/mol. The Morgan fingerprint density at radius 2 is 1.35 bits per heavy atom. The molecular formula is C19H21F3N2O5S2. The van der Waals surface area contributed by atoms with Gasteiger partial charge in [-0.15, -0.1) is 13.2 Å². The lowest BCUT2D eigenvalue weighted by Crippen LogP contribution is -2.37. The van der Waals surface area contributed by atoms with Gasteiger partial charge in [0.1, 0.15) is 10.6 Å². The van der Waals surface area contributed by atoms with Gasteiger partial charge in [0.15, 0.2) is 0 Å². The summed E-state index contributed by atoms with van der Waals surface area (Å²) in [5, 5.41) is 0. The average Bonchev–Trinajstić information content (AvgIpc) is 2.95. The van der Waals surface area contributed by atoms with Gasteiger partial charge in [-0.25, -0.2) is 16.8 Å². The number of halogens is 3. The molecule has 1 aliphatic rings. The average molecular weight is 479 g/mol. The van der Waals surface area contributed by atoms with E-state index in [1.165, 1.54) is 28.6 Å². The third-order valence-corrected chi connectivity index (χ3v) is 8.62. The second-order valence-corrected chi connectivity index (χ2v) is 10.8. The molecule has 7 nitrogen and oxygen atoms in total. The summed E-state index contributed by atoms with van der Waals surface area (Å²) in [6.45, 7) is 1.54. The van der Waals surface area contributed by atoms with Crippen molar-refractivity contribution in [2.24, 2.45) is 0 Å². The van der Waals surface area contributed by atoms with Crippen LogP contribution in [0, 0.1) is 6.92 Å². The molecule has 0 atom stereocenters. The Morgan fingerprint density at radius 3 is 1.94 bits per heavy atom. The standard InChI is InChI=1S/C19H21F3N2O5S2/c1-15-7-9-16(10-8-15)30(25,26)23-11-4-12-24(14-13-23)31(27,28)18-6-3-2-5-17(18)29-19(20,21)22/h2-3,5-10H,4,11-14H2,1H3. The van der Waals surface area contributed by atoms with E-state index in [0.29, 0.717) is 0 Å². The van der Waals surface area contributed by atoms with Crippen LogP contribution in [-0.2, 0) is 20.0 Å². The van der Waals surface area contributed by atoms with E-state index in [1.807, 2.05) is 6.92 Å². The number of aryl methyl sites for hydroxylation is 1. The van der Waals surface area contributed by atoms with Crippen LogP contribution in [0.2, 0.25) is 0 Å². The Morgan fingerprint density at radius 1 is 0.806 bits per heavy atom. The molecule has 0 bridgehead atoms. The zero-order valence-electron chi connectivity index (χ0n) is 16.5. The minimum absolute atomic E-state index is 0.0391. The lowest BCUT2D eigenvalue weighted by Gasteiger charge is -2.23. The summed E-state index contributed by atoms with van der Waals surface area (Å²) in [5.74, 6) is -0.830. The maximum absolute atomic E-state index is 13.0. The Balaban J connectivity index is 1.83. The highest BCUT2D eigenvalue weighted by atomic mass is 32.2. The molecule has 1 saturated heterocycles. The number of rotatable bonds is 5. The lowest BCUT2D eigenvalue weighted by atomic mass is 10.2. The molecule has 12 heteroatoms. The second-order valence-electron chi connectivity index (χ2n) is 6.97. The highest BCUT2D eigenvalue weighted by molar-refractivity contribution is 7.89. The number of benzene rings is 2. The topological polar surface area (TPSA) is 84.0 Å². The van der Waals surface area contributed by atoms with E-state index in [4.69, 9.17) is 0 Å². The number of hydrogen-bond donors (Lipinski definition) is 0. The first kappa shape index (κ1) is 23.5. The lowest BCUT2D eigenvalue weighted by molar-refractivity contribution is -0.275. The van der Waals surface area contributed by atoms with Crippen molar-refractivity contribution in [1.82, 2.24) is 8.61 Å². The van der Waals surface area contributed by atoms with Crippen molar-refractivity contribution >= 4 is 20.0 Å². The van der Waals surface area contributed by atoms with Gasteiger partial charge in [0.05, 0.1) is 4.90 Å². The molecule has 0 amide bonds. The first-order chi connectivity index (χ1) is 14.4. The van der Waals surface area contributed by atoms with E-state index in [2.05, 4.69) is 4.74 Å². The molecule has 0 saturated carbocycles. The number of sulfonamides is 2. The fraction of sp³-hybridized carbons (Fsp3) is 0.368. The maximum Gasteiger partial charge on any atom is 0.573 e. The van der Waals surface area contributed by atoms with Crippen molar-refractivity contribution in [2.75, 3.05) is 26.2 Å². The molecule has 0 aromatic heterocycles.